The van der Waals surface area contributed by atoms with Gasteiger partial charge in [-0.25, -0.2) is 0 Å². The highest BCUT2D eigenvalue weighted by molar-refractivity contribution is 7.71. The molecule has 4 rings (SSSR count). The second kappa shape index (κ2) is 9.58. The molecule has 0 aliphatic carbocycles. The smallest absolute Gasteiger partial charge is 0.224 e. The van der Waals surface area contributed by atoms with Gasteiger partial charge in [0.05, 0.1) is 6.10 Å². The molecule has 1 aromatic heterocycles. The number of carbonyl (C=O) groups excluding carboxylic acids is 1. The Morgan fingerprint density at radius 1 is 1.19 bits per heavy atom. The van der Waals surface area contributed by atoms with Crippen LogP contribution in [0.15, 0.2) is 54.6 Å². The molecule has 0 radical (unpaired) electrons. The van der Waals surface area contributed by atoms with E-state index in [1.54, 1.807) is 0 Å². The molecule has 1 aliphatic rings. The molecule has 0 spiro atoms. The first-order valence-corrected chi connectivity index (χ1v) is 11.2. The summed E-state index contributed by atoms with van der Waals surface area (Å²) < 4.78 is 2.42. The number of piperidine rings is 1. The van der Waals surface area contributed by atoms with E-state index in [2.05, 4.69) is 16.3 Å². The van der Waals surface area contributed by atoms with Gasteiger partial charge in [0.25, 0.3) is 0 Å². The average molecular weight is 437 g/mol. The van der Waals surface area contributed by atoms with Gasteiger partial charge in [0, 0.05) is 31.6 Å². The van der Waals surface area contributed by atoms with Crippen molar-refractivity contribution in [2.24, 2.45) is 5.92 Å². The fraction of sp³-hybridized carbons (Fsp3) is 0.375. The summed E-state index contributed by atoms with van der Waals surface area (Å²) in [6.45, 7) is 3.88. The third kappa shape index (κ3) is 4.94. The monoisotopic (exact) mass is 436 g/mol. The van der Waals surface area contributed by atoms with Crippen molar-refractivity contribution in [3.05, 3.63) is 70.5 Å². The Labute approximate surface area is 187 Å². The van der Waals surface area contributed by atoms with Gasteiger partial charge in [-0.3, -0.25) is 14.5 Å². The first-order valence-electron chi connectivity index (χ1n) is 10.8. The maximum Gasteiger partial charge on any atom is 0.224 e. The minimum absolute atomic E-state index is 0.117. The second-order valence-electron chi connectivity index (χ2n) is 8.20. The third-order valence-electron chi connectivity index (χ3n) is 6.06. The zero-order valence-electron chi connectivity index (χ0n) is 17.7. The number of aryl methyl sites for hydroxylation is 1. The number of aromatic amines is 1. The molecule has 0 saturated carbocycles. The van der Waals surface area contributed by atoms with Crippen molar-refractivity contribution in [1.82, 2.24) is 19.7 Å². The van der Waals surface area contributed by atoms with E-state index in [9.17, 15) is 9.90 Å². The van der Waals surface area contributed by atoms with Crippen LogP contribution in [0, 0.1) is 17.6 Å². The van der Waals surface area contributed by atoms with Gasteiger partial charge in [0.1, 0.15) is 0 Å². The van der Waals surface area contributed by atoms with Crippen LogP contribution in [0.3, 0.4) is 0 Å². The molecule has 162 valence electrons. The first-order chi connectivity index (χ1) is 15.0. The van der Waals surface area contributed by atoms with E-state index >= 15 is 0 Å². The van der Waals surface area contributed by atoms with Crippen molar-refractivity contribution in [2.45, 2.75) is 38.8 Å². The van der Waals surface area contributed by atoms with Gasteiger partial charge in [-0.05, 0) is 49.5 Å². The number of nitrogens with zero attached hydrogens (tertiary/aromatic N) is 3. The summed E-state index contributed by atoms with van der Waals surface area (Å²) in [6, 6.07) is 17.9. The van der Waals surface area contributed by atoms with Crippen LogP contribution in [0.1, 0.15) is 36.5 Å². The highest BCUT2D eigenvalue weighted by Gasteiger charge is 2.28. The number of hydrogen-bond donors (Lipinski definition) is 2. The van der Waals surface area contributed by atoms with E-state index in [0.29, 0.717) is 30.8 Å². The van der Waals surface area contributed by atoms with Crippen LogP contribution in [0.25, 0.3) is 11.4 Å². The molecule has 0 unspecified atom stereocenters. The van der Waals surface area contributed by atoms with Gasteiger partial charge in [-0.1, -0.05) is 54.1 Å². The molecule has 2 N–H and O–H groups in total. The lowest BCUT2D eigenvalue weighted by atomic mass is 9.87. The van der Waals surface area contributed by atoms with Crippen LogP contribution < -0.4 is 0 Å². The molecule has 1 fully saturated rings. The minimum Gasteiger partial charge on any atom is -0.388 e. The Morgan fingerprint density at radius 3 is 2.65 bits per heavy atom. The predicted octanol–water partition coefficient (Wildman–Crippen LogP) is 4.28. The van der Waals surface area contributed by atoms with Gasteiger partial charge in [-0.15, -0.1) is 0 Å². The number of H-pyrrole nitrogens is 1. The van der Waals surface area contributed by atoms with E-state index in [-0.39, 0.29) is 11.8 Å². The van der Waals surface area contributed by atoms with Crippen LogP contribution in [-0.4, -0.2) is 43.8 Å². The van der Waals surface area contributed by atoms with Gasteiger partial charge >= 0.3 is 0 Å². The molecule has 7 heteroatoms. The summed E-state index contributed by atoms with van der Waals surface area (Å²) in [6.07, 6.45) is 1.52. The number of carbonyl (C=O) groups is 1. The molecular weight excluding hydrogens is 408 g/mol. The van der Waals surface area contributed by atoms with Crippen molar-refractivity contribution in [1.29, 1.82) is 0 Å². The van der Waals surface area contributed by atoms with Crippen molar-refractivity contribution in [3.63, 3.8) is 0 Å². The first kappa shape index (κ1) is 21.5. The highest BCUT2D eigenvalue weighted by atomic mass is 32.1. The standard InChI is InChI=1S/C24H28N4O2S/c1-17-6-5-9-20(16-17)23-25-26-24(31)28(23)15-12-21(29)27-13-10-19(11-14-27)22(30)18-7-3-2-4-8-18/h2-9,16,19,22,30H,10-15H2,1H3,(H,26,31)/t22-/m1/s1. The van der Waals surface area contributed by atoms with Crippen LogP contribution in [0.5, 0.6) is 0 Å². The van der Waals surface area contributed by atoms with Gasteiger partial charge in [0.15, 0.2) is 10.6 Å². The fourth-order valence-electron chi connectivity index (χ4n) is 4.28. The third-order valence-corrected chi connectivity index (χ3v) is 6.38. The number of hydrogen-bond acceptors (Lipinski definition) is 4. The van der Waals surface area contributed by atoms with Gasteiger partial charge in [0.2, 0.25) is 5.91 Å². The average Bonchev–Trinajstić information content (AvgIpc) is 3.18. The molecule has 1 amide bonds. The second-order valence-corrected chi connectivity index (χ2v) is 8.58. The number of amides is 1. The van der Waals surface area contributed by atoms with E-state index in [1.165, 1.54) is 0 Å². The topological polar surface area (TPSA) is 74.2 Å². The summed E-state index contributed by atoms with van der Waals surface area (Å²) in [7, 11) is 0. The number of nitrogens with one attached hydrogen (secondary N) is 1. The molecule has 0 bridgehead atoms. The highest BCUT2D eigenvalue weighted by Crippen LogP contribution is 2.30. The Kier molecular flexibility index (Phi) is 6.63. The molecule has 2 heterocycles. The number of likely N-dealkylation sites (tertiary alicyclic amines) is 1. The summed E-state index contributed by atoms with van der Waals surface area (Å²) in [5.41, 5.74) is 3.08. The van der Waals surface area contributed by atoms with Crippen LogP contribution in [-0.2, 0) is 11.3 Å². The maximum absolute atomic E-state index is 12.8. The zero-order valence-corrected chi connectivity index (χ0v) is 18.5. The van der Waals surface area contributed by atoms with E-state index in [0.717, 1.165) is 35.4 Å². The largest absolute Gasteiger partial charge is 0.388 e. The summed E-state index contributed by atoms with van der Waals surface area (Å²) >= 11 is 5.40. The van der Waals surface area contributed by atoms with E-state index in [1.807, 2.05) is 64.9 Å². The Morgan fingerprint density at radius 2 is 1.94 bits per heavy atom. The number of aromatic nitrogens is 3. The van der Waals surface area contributed by atoms with Crippen LogP contribution >= 0.6 is 12.2 Å². The van der Waals surface area contributed by atoms with Gasteiger partial charge < -0.3 is 10.0 Å². The van der Waals surface area contributed by atoms with Crippen molar-refractivity contribution >= 4 is 18.1 Å². The molecule has 2 aromatic carbocycles. The minimum atomic E-state index is -0.473. The number of aliphatic hydroxyl groups excluding tert-OH is 1. The lowest BCUT2D eigenvalue weighted by Gasteiger charge is -2.34. The Balaban J connectivity index is 1.35. The number of aliphatic hydroxyl groups is 1. The molecule has 3 aromatic rings. The molecule has 6 nitrogen and oxygen atoms in total. The molecule has 1 saturated heterocycles. The number of rotatable bonds is 6. The van der Waals surface area contributed by atoms with Crippen molar-refractivity contribution < 1.29 is 9.90 Å². The van der Waals surface area contributed by atoms with E-state index in [4.69, 9.17) is 12.2 Å². The lowest BCUT2D eigenvalue weighted by molar-refractivity contribution is -0.133. The summed E-state index contributed by atoms with van der Waals surface area (Å²) in [5, 5.41) is 17.9. The van der Waals surface area contributed by atoms with Crippen LogP contribution in [0.4, 0.5) is 0 Å². The Bertz CT molecular complexity index is 1080. The van der Waals surface area contributed by atoms with Crippen molar-refractivity contribution in [3.8, 4) is 11.4 Å². The fourth-order valence-corrected chi connectivity index (χ4v) is 4.51. The van der Waals surface area contributed by atoms with E-state index < -0.39 is 6.10 Å². The normalized spacial score (nSPS) is 15.7. The molecule has 1 atom stereocenters. The van der Waals surface area contributed by atoms with Crippen molar-refractivity contribution in [2.75, 3.05) is 13.1 Å². The SMILES string of the molecule is Cc1cccc(-c2n[nH]c(=S)n2CCC(=O)N2CCC([C@H](O)c3ccccc3)CC2)c1. The predicted molar refractivity (Wildman–Crippen MR) is 123 cm³/mol. The summed E-state index contributed by atoms with van der Waals surface area (Å²) in [4.78, 5) is 14.7. The lowest BCUT2D eigenvalue weighted by Crippen LogP contribution is -2.40. The molecule has 1 aliphatic heterocycles. The number of benzene rings is 2. The quantitative estimate of drug-likeness (QED) is 0.566. The zero-order chi connectivity index (χ0) is 21.8. The van der Waals surface area contributed by atoms with Crippen LogP contribution in [0.2, 0.25) is 0 Å². The maximum atomic E-state index is 12.8. The Hall–Kier alpha value is -2.77. The molecule has 31 heavy (non-hydrogen) atoms. The molecular formula is C24H28N4O2S. The summed E-state index contributed by atoms with van der Waals surface area (Å²) in [5.74, 6) is 1.05. The van der Waals surface area contributed by atoms with Gasteiger partial charge in [-0.2, -0.15) is 5.10 Å².